The first-order valence-corrected chi connectivity index (χ1v) is 10.1. The van der Waals surface area contributed by atoms with Crippen molar-refractivity contribution in [1.82, 2.24) is 0 Å². The molecule has 25 heavy (non-hydrogen) atoms. The second-order valence-corrected chi connectivity index (χ2v) is 7.87. The van der Waals surface area contributed by atoms with Crippen LogP contribution >= 0.6 is 0 Å². The molecule has 0 aliphatic heterocycles. The summed E-state index contributed by atoms with van der Waals surface area (Å²) in [5.74, 6) is 4.25. The minimum absolute atomic E-state index is 0.713. The van der Waals surface area contributed by atoms with E-state index < -0.39 is 0 Å². The van der Waals surface area contributed by atoms with E-state index in [9.17, 15) is 0 Å². The summed E-state index contributed by atoms with van der Waals surface area (Å²) in [4.78, 5) is 1.22. The fourth-order valence-corrected chi connectivity index (χ4v) is 3.09. The molecule has 0 aliphatic carbocycles. The SMILES string of the molecule is C[NH+]([B-]C#N)CCCCCCCCCCCCCC[N+](C)(C)[B-]C#N. The van der Waals surface area contributed by atoms with Crippen LogP contribution in [-0.4, -0.2) is 53.5 Å². The Morgan fingerprint density at radius 3 is 1.60 bits per heavy atom. The number of nitriles is 2. The van der Waals surface area contributed by atoms with Gasteiger partial charge in [0, 0.05) is 34.2 Å². The highest BCUT2D eigenvalue weighted by Gasteiger charge is 2.03. The van der Waals surface area contributed by atoms with Crippen LogP contribution in [-0.2, 0) is 0 Å². The van der Waals surface area contributed by atoms with E-state index in [1.807, 2.05) is 7.05 Å². The van der Waals surface area contributed by atoms with Crippen molar-refractivity contribution in [2.24, 2.45) is 0 Å². The van der Waals surface area contributed by atoms with Gasteiger partial charge in [0.25, 0.3) is 0 Å². The Morgan fingerprint density at radius 1 is 0.720 bits per heavy atom. The van der Waals surface area contributed by atoms with Crippen LogP contribution < -0.4 is 4.81 Å². The molecule has 0 saturated carbocycles. The molecule has 0 aromatic rings. The number of hydrogen-bond donors (Lipinski definition) is 1. The molecule has 0 aromatic carbocycles. The fraction of sp³-hybridized carbons (Fsp3) is 0.895. The molecule has 140 valence electrons. The maximum absolute atomic E-state index is 8.71. The highest BCUT2D eigenvalue weighted by Crippen LogP contribution is 2.12. The van der Waals surface area contributed by atoms with Crippen molar-refractivity contribution in [3.8, 4) is 11.9 Å². The number of nitrogens with zero attached hydrogens (tertiary/aromatic N) is 3. The van der Waals surface area contributed by atoms with Crippen LogP contribution in [0.15, 0.2) is 0 Å². The Hall–Kier alpha value is -0.970. The second kappa shape index (κ2) is 16.5. The van der Waals surface area contributed by atoms with E-state index in [0.717, 1.165) is 13.1 Å². The third-order valence-corrected chi connectivity index (χ3v) is 4.77. The average Bonchev–Trinajstić information content (AvgIpc) is 2.55. The van der Waals surface area contributed by atoms with Crippen molar-refractivity contribution >= 4 is 14.8 Å². The summed E-state index contributed by atoms with van der Waals surface area (Å²) in [6.07, 6.45) is 16.0. The summed E-state index contributed by atoms with van der Waals surface area (Å²) in [7, 11) is 9.61. The van der Waals surface area contributed by atoms with E-state index >= 15 is 0 Å². The number of rotatable bonds is 17. The van der Waals surface area contributed by atoms with Gasteiger partial charge in [-0.25, -0.2) is 10.5 Å². The predicted octanol–water partition coefficient (Wildman–Crippen LogP) is 2.46. The van der Waals surface area contributed by atoms with Gasteiger partial charge in [-0.05, 0) is 25.7 Å². The molecule has 0 spiro atoms. The summed E-state index contributed by atoms with van der Waals surface area (Å²) < 4.78 is 0.713. The van der Waals surface area contributed by atoms with Crippen molar-refractivity contribution in [3.05, 3.63) is 0 Å². The molecule has 4 radical (unpaired) electrons. The van der Waals surface area contributed by atoms with Gasteiger partial charge < -0.3 is 9.20 Å². The van der Waals surface area contributed by atoms with Crippen LogP contribution in [0.4, 0.5) is 0 Å². The van der Waals surface area contributed by atoms with Crippen molar-refractivity contribution in [1.29, 1.82) is 10.5 Å². The van der Waals surface area contributed by atoms with E-state index in [0.29, 0.717) is 4.39 Å². The fourth-order valence-electron chi connectivity index (χ4n) is 3.09. The van der Waals surface area contributed by atoms with Crippen LogP contribution in [0.25, 0.3) is 0 Å². The van der Waals surface area contributed by atoms with Crippen LogP contribution in [0.1, 0.15) is 77.0 Å². The van der Waals surface area contributed by atoms with Gasteiger partial charge in [0.2, 0.25) is 0 Å². The lowest BCUT2D eigenvalue weighted by molar-refractivity contribution is -0.777. The zero-order valence-corrected chi connectivity index (χ0v) is 16.9. The van der Waals surface area contributed by atoms with Gasteiger partial charge in [-0.2, -0.15) is 0 Å². The van der Waals surface area contributed by atoms with Crippen LogP contribution in [0.2, 0.25) is 0 Å². The van der Waals surface area contributed by atoms with E-state index in [-0.39, 0.29) is 0 Å². The molecule has 0 saturated heterocycles. The van der Waals surface area contributed by atoms with E-state index in [1.165, 1.54) is 81.9 Å². The maximum atomic E-state index is 8.71. The monoisotopic (exact) mass is 344 g/mol. The highest BCUT2D eigenvalue weighted by atomic mass is 15.2. The minimum atomic E-state index is 0.713. The van der Waals surface area contributed by atoms with E-state index in [4.69, 9.17) is 10.5 Å². The normalized spacial score (nSPS) is 12.5. The van der Waals surface area contributed by atoms with Gasteiger partial charge in [-0.3, -0.25) is 0 Å². The standard InChI is InChI=1S/C19H38B2N4/c1-24(20-18-22)16-14-12-10-8-6-4-5-7-9-11-13-15-17-25(2,3)21-19-23/h24H,4-17H2,1-3H3. The molecule has 0 amide bonds. The van der Waals surface area contributed by atoms with Gasteiger partial charge in [-0.15, -0.1) is 11.9 Å². The third-order valence-electron chi connectivity index (χ3n) is 4.77. The first kappa shape index (κ1) is 24.0. The van der Waals surface area contributed by atoms with E-state index in [2.05, 4.69) is 26.0 Å². The molecular weight excluding hydrogens is 306 g/mol. The van der Waals surface area contributed by atoms with Gasteiger partial charge >= 0.3 is 0 Å². The quantitative estimate of drug-likeness (QED) is 0.326. The lowest BCUT2D eigenvalue weighted by Crippen LogP contribution is -3.10. The van der Waals surface area contributed by atoms with Gasteiger partial charge in [0.1, 0.15) is 14.8 Å². The third kappa shape index (κ3) is 17.6. The van der Waals surface area contributed by atoms with Gasteiger partial charge in [0.15, 0.2) is 0 Å². The summed E-state index contributed by atoms with van der Waals surface area (Å²) in [6.45, 7) is 2.15. The zero-order chi connectivity index (χ0) is 18.8. The highest BCUT2D eigenvalue weighted by molar-refractivity contribution is 6.36. The lowest BCUT2D eigenvalue weighted by atomic mass is 9.91. The minimum Gasteiger partial charge on any atom is -0.561 e. The lowest BCUT2D eigenvalue weighted by Gasteiger charge is -2.40. The molecule has 6 heteroatoms. The van der Waals surface area contributed by atoms with Gasteiger partial charge in [-0.1, -0.05) is 51.4 Å². The smallest absolute Gasteiger partial charge is 0.126 e. The Balaban J connectivity index is 3.20. The largest absolute Gasteiger partial charge is 0.561 e. The molecule has 0 bridgehead atoms. The van der Waals surface area contributed by atoms with Crippen molar-refractivity contribution in [2.75, 3.05) is 34.2 Å². The van der Waals surface area contributed by atoms with Gasteiger partial charge in [0.05, 0.1) is 0 Å². The number of nitrogens with one attached hydrogen (secondary N) is 1. The summed E-state index contributed by atoms with van der Waals surface area (Å²) in [6, 6.07) is 0. The van der Waals surface area contributed by atoms with E-state index in [1.54, 1.807) is 14.8 Å². The van der Waals surface area contributed by atoms with Crippen molar-refractivity contribution in [3.63, 3.8) is 0 Å². The Morgan fingerprint density at radius 2 is 1.16 bits per heavy atom. The molecule has 1 N–H and O–H groups in total. The summed E-state index contributed by atoms with van der Waals surface area (Å²) >= 11 is 0. The van der Waals surface area contributed by atoms with Crippen LogP contribution in [0, 0.1) is 22.5 Å². The first-order valence-electron chi connectivity index (χ1n) is 10.1. The number of quaternary nitrogens is 2. The number of hydrogen-bond acceptors (Lipinski definition) is 2. The zero-order valence-electron chi connectivity index (χ0n) is 16.9. The van der Waals surface area contributed by atoms with Crippen molar-refractivity contribution in [2.45, 2.75) is 77.0 Å². The molecule has 0 aliphatic rings. The molecule has 1 unspecified atom stereocenters. The Bertz CT molecular complexity index is 388. The topological polar surface area (TPSA) is 52.0 Å². The maximum Gasteiger partial charge on any atom is 0.126 e. The molecule has 4 nitrogen and oxygen atoms in total. The molecule has 0 rings (SSSR count). The molecule has 0 aromatic heterocycles. The molecule has 0 fully saturated rings. The van der Waals surface area contributed by atoms with Crippen molar-refractivity contribution < 1.29 is 9.20 Å². The number of unbranched alkanes of at least 4 members (excludes halogenated alkanes) is 11. The Kier molecular flexibility index (Phi) is 15.9. The molecule has 0 heterocycles. The summed E-state index contributed by atoms with van der Waals surface area (Å²) in [5, 5.41) is 17.3. The first-order chi connectivity index (χ1) is 12.0. The summed E-state index contributed by atoms with van der Waals surface area (Å²) in [5.41, 5.74) is 0. The molecule has 1 atom stereocenters. The second-order valence-electron chi connectivity index (χ2n) is 7.87. The molecular formula is C19H38B2N4. The van der Waals surface area contributed by atoms with Crippen LogP contribution in [0.3, 0.4) is 0 Å². The Labute approximate surface area is 158 Å². The average molecular weight is 344 g/mol. The van der Waals surface area contributed by atoms with Crippen LogP contribution in [0.5, 0.6) is 0 Å². The predicted molar refractivity (Wildman–Crippen MR) is 107 cm³/mol.